The molecule has 0 unspecified atom stereocenters. The maximum absolute atomic E-state index is 12.9. The van der Waals surface area contributed by atoms with Crippen LogP contribution in [0.3, 0.4) is 0 Å². The van der Waals surface area contributed by atoms with Crippen LogP contribution in [0.25, 0.3) is 0 Å². The van der Waals surface area contributed by atoms with Crippen LogP contribution in [0.1, 0.15) is 6.42 Å². The molecule has 0 aliphatic carbocycles. The van der Waals surface area contributed by atoms with Crippen LogP contribution in [0.15, 0.2) is 42.5 Å². The van der Waals surface area contributed by atoms with E-state index in [1.165, 1.54) is 0 Å². The molecule has 1 aliphatic rings. The van der Waals surface area contributed by atoms with Gasteiger partial charge in [-0.2, -0.15) is 0 Å². The van der Waals surface area contributed by atoms with Gasteiger partial charge in [0.2, 0.25) is 0 Å². The molecule has 2 amide bonds. The molecule has 1 heterocycles. The van der Waals surface area contributed by atoms with E-state index in [4.69, 9.17) is 9.47 Å². The van der Waals surface area contributed by atoms with Crippen molar-refractivity contribution in [3.8, 4) is 11.5 Å². The third-order valence-electron chi connectivity index (χ3n) is 4.34. The van der Waals surface area contributed by atoms with Gasteiger partial charge in [0.1, 0.15) is 0 Å². The number of para-hydroxylation sites is 2. The summed E-state index contributed by atoms with van der Waals surface area (Å²) in [6.45, 7) is 1.58. The Kier molecular flexibility index (Phi) is 4.97. The summed E-state index contributed by atoms with van der Waals surface area (Å²) in [4.78, 5) is 16.8. The van der Waals surface area contributed by atoms with E-state index in [-0.39, 0.29) is 6.03 Å². The number of hydrogen-bond acceptors (Lipinski definition) is 4. The van der Waals surface area contributed by atoms with Gasteiger partial charge < -0.3 is 19.7 Å². The second kappa shape index (κ2) is 7.34. The minimum absolute atomic E-state index is 0.157. The van der Waals surface area contributed by atoms with E-state index < -0.39 is 0 Å². The maximum Gasteiger partial charge on any atom is 0.326 e. The summed E-state index contributed by atoms with van der Waals surface area (Å²) < 4.78 is 10.5. The van der Waals surface area contributed by atoms with Gasteiger partial charge in [-0.3, -0.25) is 4.90 Å². The van der Waals surface area contributed by atoms with Gasteiger partial charge in [0.05, 0.1) is 25.6 Å². The molecule has 3 rings (SSSR count). The number of ether oxygens (including phenoxy) is 2. The Morgan fingerprint density at radius 1 is 1.00 bits per heavy atom. The Bertz CT molecular complexity index is 763. The lowest BCUT2D eigenvalue weighted by Gasteiger charge is -2.24. The lowest BCUT2D eigenvalue weighted by atomic mass is 10.2. The van der Waals surface area contributed by atoms with Crippen molar-refractivity contribution in [3.05, 3.63) is 42.5 Å². The number of carbonyl (C=O) groups is 1. The first kappa shape index (κ1) is 17.0. The van der Waals surface area contributed by atoms with Crippen LogP contribution in [0.4, 0.5) is 21.9 Å². The molecule has 0 bridgehead atoms. The largest absolute Gasteiger partial charge is 0.493 e. The summed E-state index contributed by atoms with van der Waals surface area (Å²) in [6, 6.07) is 13.1. The van der Waals surface area contributed by atoms with Crippen molar-refractivity contribution in [2.45, 2.75) is 6.42 Å². The van der Waals surface area contributed by atoms with E-state index >= 15 is 0 Å². The SMILES string of the molecule is COc1ccc(NC(=O)N2CCCN(C)c3ccccc32)cc1OC. The molecule has 132 valence electrons. The number of hydrogen-bond donors (Lipinski definition) is 1. The number of carbonyl (C=O) groups excluding carboxylic acids is 1. The highest BCUT2D eigenvalue weighted by Crippen LogP contribution is 2.33. The van der Waals surface area contributed by atoms with Crippen molar-refractivity contribution in [1.82, 2.24) is 0 Å². The van der Waals surface area contributed by atoms with Crippen LogP contribution in [-0.2, 0) is 0 Å². The van der Waals surface area contributed by atoms with Gasteiger partial charge in [0.25, 0.3) is 0 Å². The van der Waals surface area contributed by atoms with E-state index in [0.29, 0.717) is 23.7 Å². The Labute approximate surface area is 147 Å². The molecule has 2 aromatic rings. The Balaban J connectivity index is 1.85. The second-order valence-corrected chi connectivity index (χ2v) is 5.92. The topological polar surface area (TPSA) is 54.0 Å². The van der Waals surface area contributed by atoms with Gasteiger partial charge in [-0.05, 0) is 30.7 Å². The minimum Gasteiger partial charge on any atom is -0.493 e. The quantitative estimate of drug-likeness (QED) is 0.927. The highest BCUT2D eigenvalue weighted by molar-refractivity contribution is 6.04. The monoisotopic (exact) mass is 341 g/mol. The fourth-order valence-electron chi connectivity index (χ4n) is 3.04. The fourth-order valence-corrected chi connectivity index (χ4v) is 3.04. The third kappa shape index (κ3) is 3.47. The number of methoxy groups -OCH3 is 2. The molecule has 0 atom stereocenters. The smallest absolute Gasteiger partial charge is 0.326 e. The zero-order valence-corrected chi connectivity index (χ0v) is 14.8. The van der Waals surface area contributed by atoms with Crippen molar-refractivity contribution < 1.29 is 14.3 Å². The lowest BCUT2D eigenvalue weighted by molar-refractivity contribution is 0.257. The van der Waals surface area contributed by atoms with Crippen molar-refractivity contribution in [3.63, 3.8) is 0 Å². The number of amides is 2. The van der Waals surface area contributed by atoms with Gasteiger partial charge in [-0.1, -0.05) is 12.1 Å². The highest BCUT2D eigenvalue weighted by atomic mass is 16.5. The average Bonchev–Trinajstić information content (AvgIpc) is 2.81. The zero-order chi connectivity index (χ0) is 17.8. The van der Waals surface area contributed by atoms with E-state index in [9.17, 15) is 4.79 Å². The normalized spacial score (nSPS) is 13.7. The average molecular weight is 341 g/mol. The van der Waals surface area contributed by atoms with E-state index in [2.05, 4.69) is 17.3 Å². The molecule has 1 aliphatic heterocycles. The number of nitrogens with zero attached hydrogens (tertiary/aromatic N) is 2. The van der Waals surface area contributed by atoms with Gasteiger partial charge in [0, 0.05) is 31.9 Å². The maximum atomic E-state index is 12.9. The number of urea groups is 1. The Hall–Kier alpha value is -2.89. The van der Waals surface area contributed by atoms with E-state index in [1.54, 1.807) is 37.3 Å². The van der Waals surface area contributed by atoms with E-state index in [0.717, 1.165) is 24.3 Å². The molecule has 0 radical (unpaired) electrons. The lowest BCUT2D eigenvalue weighted by Crippen LogP contribution is -2.35. The summed E-state index contributed by atoms with van der Waals surface area (Å²) in [5.41, 5.74) is 2.64. The third-order valence-corrected chi connectivity index (χ3v) is 4.34. The molecular weight excluding hydrogens is 318 g/mol. The molecule has 6 nitrogen and oxygen atoms in total. The number of anilines is 3. The van der Waals surface area contributed by atoms with Crippen LogP contribution in [0.5, 0.6) is 11.5 Å². The molecule has 1 N–H and O–H groups in total. The minimum atomic E-state index is -0.157. The molecule has 0 fully saturated rings. The number of nitrogens with one attached hydrogen (secondary N) is 1. The zero-order valence-electron chi connectivity index (χ0n) is 14.8. The van der Waals surface area contributed by atoms with Crippen molar-refractivity contribution >= 4 is 23.1 Å². The Morgan fingerprint density at radius 3 is 2.44 bits per heavy atom. The Morgan fingerprint density at radius 2 is 1.72 bits per heavy atom. The van der Waals surface area contributed by atoms with Crippen LogP contribution >= 0.6 is 0 Å². The fraction of sp³-hybridized carbons (Fsp3) is 0.316. The molecule has 2 aromatic carbocycles. The molecule has 25 heavy (non-hydrogen) atoms. The first-order valence-corrected chi connectivity index (χ1v) is 8.24. The number of fused-ring (bicyclic) bond motifs is 1. The molecular formula is C19H23N3O3. The second-order valence-electron chi connectivity index (χ2n) is 5.92. The first-order chi connectivity index (χ1) is 12.1. The standard InChI is InChI=1S/C19H23N3O3/c1-21-11-6-12-22(16-8-5-4-7-15(16)21)19(23)20-14-9-10-17(24-2)18(13-14)25-3/h4-5,7-10,13H,6,11-12H2,1-3H3,(H,20,23). The number of benzene rings is 2. The summed E-state index contributed by atoms with van der Waals surface area (Å²) in [5, 5.41) is 2.95. The van der Waals surface area contributed by atoms with Crippen molar-refractivity contribution in [1.29, 1.82) is 0 Å². The van der Waals surface area contributed by atoms with Crippen molar-refractivity contribution in [2.75, 3.05) is 49.5 Å². The summed E-state index contributed by atoms with van der Waals surface area (Å²) >= 11 is 0. The molecule has 0 saturated carbocycles. The number of rotatable bonds is 3. The van der Waals surface area contributed by atoms with Crippen LogP contribution in [0.2, 0.25) is 0 Å². The molecule has 0 spiro atoms. The van der Waals surface area contributed by atoms with E-state index in [1.807, 2.05) is 24.3 Å². The predicted octanol–water partition coefficient (Wildman–Crippen LogP) is 3.58. The van der Waals surface area contributed by atoms with Crippen LogP contribution in [-0.4, -0.2) is 40.4 Å². The van der Waals surface area contributed by atoms with Crippen molar-refractivity contribution in [2.24, 2.45) is 0 Å². The summed E-state index contributed by atoms with van der Waals surface area (Å²) in [6.07, 6.45) is 0.907. The van der Waals surface area contributed by atoms with Gasteiger partial charge in [0.15, 0.2) is 11.5 Å². The molecule has 0 saturated heterocycles. The van der Waals surface area contributed by atoms with Gasteiger partial charge in [-0.25, -0.2) is 4.79 Å². The first-order valence-electron chi connectivity index (χ1n) is 8.24. The van der Waals surface area contributed by atoms with Gasteiger partial charge in [-0.15, -0.1) is 0 Å². The van der Waals surface area contributed by atoms with Crippen LogP contribution in [0, 0.1) is 0 Å². The molecule has 6 heteroatoms. The van der Waals surface area contributed by atoms with Crippen LogP contribution < -0.4 is 24.6 Å². The predicted molar refractivity (Wildman–Crippen MR) is 100 cm³/mol. The summed E-state index contributed by atoms with van der Waals surface area (Å²) in [7, 11) is 5.21. The molecule has 0 aromatic heterocycles. The highest BCUT2D eigenvalue weighted by Gasteiger charge is 2.23. The summed E-state index contributed by atoms with van der Waals surface area (Å²) in [5.74, 6) is 1.21. The van der Waals surface area contributed by atoms with Gasteiger partial charge >= 0.3 is 6.03 Å².